The maximum Gasteiger partial charge on any atom is 0.124 e. The third-order valence-electron chi connectivity index (χ3n) is 3.07. The highest BCUT2D eigenvalue weighted by Crippen LogP contribution is 2.26. The third-order valence-corrected chi connectivity index (χ3v) is 3.75. The average Bonchev–Trinajstić information content (AvgIpc) is 2.84. The summed E-state index contributed by atoms with van der Waals surface area (Å²) >= 11 is 3.37. The van der Waals surface area contributed by atoms with Crippen LogP contribution >= 0.6 is 15.9 Å². The number of nitrogens with one attached hydrogen (secondary N) is 1. The molecule has 0 fully saturated rings. The lowest BCUT2D eigenvalue weighted by atomic mass is 10.0. The number of aromatic nitrogens is 2. The van der Waals surface area contributed by atoms with Crippen molar-refractivity contribution in [3.8, 4) is 0 Å². The number of imidazole rings is 1. The predicted molar refractivity (Wildman–Crippen MR) is 75.8 cm³/mol. The smallest absolute Gasteiger partial charge is 0.124 e. The quantitative estimate of drug-likeness (QED) is 0.655. The highest BCUT2D eigenvalue weighted by Gasteiger charge is 2.16. The summed E-state index contributed by atoms with van der Waals surface area (Å²) in [6, 6.07) is 4.47. The van der Waals surface area contributed by atoms with E-state index in [1.165, 1.54) is 12.1 Å². The van der Waals surface area contributed by atoms with Crippen LogP contribution in [0.4, 0.5) is 4.39 Å². The van der Waals surface area contributed by atoms with Crippen molar-refractivity contribution in [1.82, 2.24) is 15.0 Å². The molecule has 0 saturated heterocycles. The molecule has 1 aromatic heterocycles. The predicted octanol–water partition coefficient (Wildman–Crippen LogP) is 2.55. The molecule has 2 aromatic rings. The molecular formula is C13H16BrFN4. The van der Waals surface area contributed by atoms with Crippen LogP contribution in [0, 0.1) is 5.82 Å². The molecular weight excluding hydrogens is 311 g/mol. The number of nitrogens with two attached hydrogens (primary N) is 1. The first-order chi connectivity index (χ1) is 9.15. The molecule has 0 radical (unpaired) electrons. The van der Waals surface area contributed by atoms with Gasteiger partial charge in [-0.15, -0.1) is 0 Å². The van der Waals surface area contributed by atoms with E-state index < -0.39 is 0 Å². The van der Waals surface area contributed by atoms with Crippen LogP contribution in [0.2, 0.25) is 0 Å². The molecule has 102 valence electrons. The van der Waals surface area contributed by atoms with Crippen LogP contribution < -0.4 is 11.3 Å². The van der Waals surface area contributed by atoms with Crippen molar-refractivity contribution in [3.05, 3.63) is 52.3 Å². The molecule has 1 unspecified atom stereocenters. The van der Waals surface area contributed by atoms with E-state index in [1.54, 1.807) is 12.3 Å². The summed E-state index contributed by atoms with van der Waals surface area (Å²) in [4.78, 5) is 4.33. The van der Waals surface area contributed by atoms with Crippen molar-refractivity contribution in [2.45, 2.75) is 25.9 Å². The second kappa shape index (κ2) is 6.27. The van der Waals surface area contributed by atoms with E-state index in [9.17, 15) is 4.39 Å². The van der Waals surface area contributed by atoms with Crippen LogP contribution in [0.15, 0.2) is 35.1 Å². The van der Waals surface area contributed by atoms with Crippen molar-refractivity contribution in [2.24, 2.45) is 5.84 Å². The van der Waals surface area contributed by atoms with Crippen LogP contribution in [0.25, 0.3) is 0 Å². The van der Waals surface area contributed by atoms with Crippen LogP contribution in [0.5, 0.6) is 0 Å². The van der Waals surface area contributed by atoms with Gasteiger partial charge in [0.2, 0.25) is 0 Å². The van der Waals surface area contributed by atoms with Gasteiger partial charge in [-0.25, -0.2) is 9.37 Å². The molecule has 0 aliphatic rings. The van der Waals surface area contributed by atoms with Gasteiger partial charge >= 0.3 is 0 Å². The lowest BCUT2D eigenvalue weighted by Crippen LogP contribution is -2.30. The van der Waals surface area contributed by atoms with Crippen molar-refractivity contribution in [1.29, 1.82) is 0 Å². The van der Waals surface area contributed by atoms with Gasteiger partial charge in [0.25, 0.3) is 0 Å². The van der Waals surface area contributed by atoms with Gasteiger partial charge in [-0.2, -0.15) is 0 Å². The van der Waals surface area contributed by atoms with E-state index >= 15 is 0 Å². The molecule has 4 nitrogen and oxygen atoms in total. The van der Waals surface area contributed by atoms with Crippen LogP contribution in [0.3, 0.4) is 0 Å². The summed E-state index contributed by atoms with van der Waals surface area (Å²) in [7, 11) is 0. The number of halogens is 2. The Balaban J connectivity index is 2.25. The molecule has 0 bridgehead atoms. The van der Waals surface area contributed by atoms with Crippen LogP contribution in [-0.4, -0.2) is 9.55 Å². The highest BCUT2D eigenvalue weighted by atomic mass is 79.9. The van der Waals surface area contributed by atoms with E-state index in [1.807, 2.05) is 6.20 Å². The Hall–Kier alpha value is -1.24. The van der Waals surface area contributed by atoms with Crippen LogP contribution in [0.1, 0.15) is 24.4 Å². The van der Waals surface area contributed by atoms with E-state index in [0.717, 1.165) is 17.9 Å². The van der Waals surface area contributed by atoms with Gasteiger partial charge in [0.05, 0.1) is 6.04 Å². The molecule has 19 heavy (non-hydrogen) atoms. The fraction of sp³-hybridized carbons (Fsp3) is 0.308. The van der Waals surface area contributed by atoms with Gasteiger partial charge < -0.3 is 4.57 Å². The molecule has 0 aliphatic heterocycles. The second-order valence-electron chi connectivity index (χ2n) is 4.22. The van der Waals surface area contributed by atoms with E-state index in [2.05, 4.69) is 37.8 Å². The number of hydrogen-bond acceptors (Lipinski definition) is 3. The summed E-state index contributed by atoms with van der Waals surface area (Å²) in [5.74, 6) is 6.29. The third kappa shape index (κ3) is 3.20. The molecule has 0 spiro atoms. The van der Waals surface area contributed by atoms with Gasteiger partial charge in [0.1, 0.15) is 11.6 Å². The number of rotatable bonds is 5. The first kappa shape index (κ1) is 14.2. The summed E-state index contributed by atoms with van der Waals surface area (Å²) in [6.45, 7) is 2.92. The zero-order valence-corrected chi connectivity index (χ0v) is 12.2. The Kier molecular flexibility index (Phi) is 4.68. The standard InChI is InChI=1S/C13H16BrFN4/c1-2-19-6-5-17-13(19)8-12(18-16)10-4-3-9(15)7-11(10)14/h3-7,12,18H,2,8,16H2,1H3. The zero-order valence-electron chi connectivity index (χ0n) is 10.6. The van der Waals surface area contributed by atoms with E-state index in [-0.39, 0.29) is 11.9 Å². The fourth-order valence-electron chi connectivity index (χ4n) is 2.04. The Morgan fingerprint density at radius 2 is 2.32 bits per heavy atom. The minimum Gasteiger partial charge on any atom is -0.335 e. The monoisotopic (exact) mass is 326 g/mol. The molecule has 0 saturated carbocycles. The van der Waals surface area contributed by atoms with Gasteiger partial charge in [0, 0.05) is 29.8 Å². The molecule has 0 amide bonds. The van der Waals surface area contributed by atoms with Crippen molar-refractivity contribution < 1.29 is 4.39 Å². The summed E-state index contributed by atoms with van der Waals surface area (Å²) in [5, 5.41) is 0. The van der Waals surface area contributed by atoms with Gasteiger partial charge in [-0.3, -0.25) is 11.3 Å². The number of hydrazine groups is 1. The zero-order chi connectivity index (χ0) is 13.8. The lowest BCUT2D eigenvalue weighted by molar-refractivity contribution is 0.520. The maximum atomic E-state index is 13.1. The molecule has 0 aliphatic carbocycles. The van der Waals surface area contributed by atoms with Gasteiger partial charge in [-0.1, -0.05) is 22.0 Å². The molecule has 3 N–H and O–H groups in total. The Bertz CT molecular complexity index is 555. The average molecular weight is 327 g/mol. The van der Waals surface area contributed by atoms with E-state index in [0.29, 0.717) is 10.9 Å². The molecule has 1 aromatic carbocycles. The Labute approximate surface area is 119 Å². The Morgan fingerprint density at radius 3 is 2.95 bits per heavy atom. The molecule has 1 atom stereocenters. The minimum atomic E-state index is -0.276. The van der Waals surface area contributed by atoms with Crippen molar-refractivity contribution >= 4 is 15.9 Å². The molecule has 2 rings (SSSR count). The normalized spacial score (nSPS) is 12.6. The number of nitrogens with zero attached hydrogens (tertiary/aromatic N) is 2. The topological polar surface area (TPSA) is 55.9 Å². The number of benzene rings is 1. The highest BCUT2D eigenvalue weighted by molar-refractivity contribution is 9.10. The fourth-order valence-corrected chi connectivity index (χ4v) is 2.67. The largest absolute Gasteiger partial charge is 0.335 e. The summed E-state index contributed by atoms with van der Waals surface area (Å²) < 4.78 is 15.9. The maximum absolute atomic E-state index is 13.1. The van der Waals surface area contributed by atoms with Crippen LogP contribution in [-0.2, 0) is 13.0 Å². The van der Waals surface area contributed by atoms with Crippen molar-refractivity contribution in [3.63, 3.8) is 0 Å². The lowest BCUT2D eigenvalue weighted by Gasteiger charge is -2.18. The number of aryl methyl sites for hydroxylation is 1. The first-order valence-electron chi connectivity index (χ1n) is 6.06. The number of hydrogen-bond donors (Lipinski definition) is 2. The van der Waals surface area contributed by atoms with Gasteiger partial charge in [-0.05, 0) is 24.6 Å². The van der Waals surface area contributed by atoms with Gasteiger partial charge in [0.15, 0.2) is 0 Å². The Morgan fingerprint density at radius 1 is 1.53 bits per heavy atom. The van der Waals surface area contributed by atoms with Crippen molar-refractivity contribution in [2.75, 3.05) is 0 Å². The molecule has 6 heteroatoms. The van der Waals surface area contributed by atoms with E-state index in [4.69, 9.17) is 5.84 Å². The second-order valence-corrected chi connectivity index (χ2v) is 5.07. The summed E-state index contributed by atoms with van der Waals surface area (Å²) in [6.07, 6.45) is 4.34. The SMILES string of the molecule is CCn1ccnc1CC(NN)c1ccc(F)cc1Br. The first-order valence-corrected chi connectivity index (χ1v) is 6.86. The summed E-state index contributed by atoms with van der Waals surface area (Å²) in [5.41, 5.74) is 3.67. The molecule has 1 heterocycles. The minimum absolute atomic E-state index is 0.123.